The Morgan fingerprint density at radius 2 is 1.72 bits per heavy atom. The molecule has 0 spiro atoms. The van der Waals surface area contributed by atoms with Crippen LogP contribution < -0.4 is 19.1 Å². The van der Waals surface area contributed by atoms with Crippen molar-refractivity contribution in [1.82, 2.24) is 4.72 Å². The van der Waals surface area contributed by atoms with Gasteiger partial charge in [-0.1, -0.05) is 44.9 Å². The van der Waals surface area contributed by atoms with Crippen molar-refractivity contribution in [1.29, 1.82) is 0 Å². The second-order valence-corrected chi connectivity index (χ2v) is 9.09. The van der Waals surface area contributed by atoms with Gasteiger partial charge in [0.15, 0.2) is 11.5 Å². The number of nitrogens with one attached hydrogen (secondary N) is 1. The van der Waals surface area contributed by atoms with Crippen LogP contribution in [0, 0.1) is 0 Å². The number of para-hydroxylation sites is 1. The van der Waals surface area contributed by atoms with E-state index in [4.69, 9.17) is 9.47 Å². The van der Waals surface area contributed by atoms with Gasteiger partial charge in [-0.05, 0) is 25.0 Å². The predicted molar refractivity (Wildman–Crippen MR) is 116 cm³/mol. The van der Waals surface area contributed by atoms with E-state index in [-0.39, 0.29) is 4.90 Å². The van der Waals surface area contributed by atoms with Gasteiger partial charge in [-0.2, -0.15) is 0 Å². The van der Waals surface area contributed by atoms with Crippen molar-refractivity contribution in [2.45, 2.75) is 50.0 Å². The highest BCUT2D eigenvalue weighted by atomic mass is 32.2. The molecule has 1 unspecified atom stereocenters. The molecule has 0 aromatic heterocycles. The van der Waals surface area contributed by atoms with E-state index in [9.17, 15) is 8.42 Å². The topological polar surface area (TPSA) is 67.9 Å². The molecule has 0 saturated carbocycles. The first-order chi connectivity index (χ1) is 13.9. The number of methoxy groups -OCH3 is 2. The van der Waals surface area contributed by atoms with E-state index in [1.807, 2.05) is 37.3 Å². The molecule has 0 radical (unpaired) electrons. The summed E-state index contributed by atoms with van der Waals surface area (Å²) >= 11 is 0. The predicted octanol–water partition coefficient (Wildman–Crippen LogP) is 4.47. The molecule has 0 aliphatic carbocycles. The fraction of sp³-hybridized carbons (Fsp3) is 0.455. The van der Waals surface area contributed by atoms with Gasteiger partial charge in [0.05, 0.1) is 25.4 Å². The normalized spacial score (nSPS) is 20.6. The highest BCUT2D eigenvalue weighted by molar-refractivity contribution is 7.89. The van der Waals surface area contributed by atoms with Crippen molar-refractivity contribution in [2.75, 3.05) is 25.7 Å². The van der Waals surface area contributed by atoms with Crippen LogP contribution >= 0.6 is 0 Å². The molecule has 1 aliphatic rings. The first kappa shape index (κ1) is 21.5. The van der Waals surface area contributed by atoms with Gasteiger partial charge in [0.25, 0.3) is 0 Å². The van der Waals surface area contributed by atoms with Gasteiger partial charge in [-0.25, -0.2) is 13.1 Å². The van der Waals surface area contributed by atoms with Gasteiger partial charge in [-0.3, -0.25) is 0 Å². The van der Waals surface area contributed by atoms with E-state index in [1.54, 1.807) is 19.2 Å². The fourth-order valence-corrected chi connectivity index (χ4v) is 5.58. The summed E-state index contributed by atoms with van der Waals surface area (Å²) in [6.45, 7) is 4.70. The molecule has 158 valence electrons. The third kappa shape index (κ3) is 4.21. The summed E-state index contributed by atoms with van der Waals surface area (Å²) < 4.78 is 40.8. The van der Waals surface area contributed by atoms with Crippen LogP contribution in [0.1, 0.15) is 39.5 Å². The van der Waals surface area contributed by atoms with Crippen molar-refractivity contribution >= 4 is 21.4 Å². The van der Waals surface area contributed by atoms with E-state index in [0.717, 1.165) is 24.9 Å². The second kappa shape index (κ2) is 8.63. The molecule has 29 heavy (non-hydrogen) atoms. The number of benzene rings is 2. The van der Waals surface area contributed by atoms with Gasteiger partial charge < -0.3 is 14.4 Å². The Balaban J connectivity index is 2.27. The number of nitrogens with zero attached hydrogens (tertiary/aromatic N) is 1. The Morgan fingerprint density at radius 3 is 2.31 bits per heavy atom. The van der Waals surface area contributed by atoms with Crippen LogP contribution in [0.2, 0.25) is 0 Å². The smallest absolute Gasteiger partial charge is 0.243 e. The number of sulfonamides is 1. The highest BCUT2D eigenvalue weighted by Crippen LogP contribution is 2.43. The van der Waals surface area contributed by atoms with Gasteiger partial charge in [0.1, 0.15) is 4.90 Å². The molecule has 3 rings (SSSR count). The molecular weight excluding hydrogens is 388 g/mol. The molecule has 1 N–H and O–H groups in total. The third-order valence-corrected chi connectivity index (χ3v) is 7.22. The Bertz CT molecular complexity index is 947. The number of fused-ring (bicyclic) bond motifs is 1. The molecule has 1 aliphatic heterocycles. The van der Waals surface area contributed by atoms with E-state index in [2.05, 4.69) is 16.5 Å². The summed E-state index contributed by atoms with van der Waals surface area (Å²) in [6.07, 6.45) is 3.41. The van der Waals surface area contributed by atoms with Crippen molar-refractivity contribution in [3.8, 4) is 11.5 Å². The number of ether oxygens (including phenoxy) is 2. The van der Waals surface area contributed by atoms with Gasteiger partial charge >= 0.3 is 0 Å². The van der Waals surface area contributed by atoms with Crippen molar-refractivity contribution < 1.29 is 17.9 Å². The largest absolute Gasteiger partial charge is 0.493 e. The van der Waals surface area contributed by atoms with E-state index in [1.165, 1.54) is 7.11 Å². The summed E-state index contributed by atoms with van der Waals surface area (Å²) in [5.74, 6) is 0.891. The lowest BCUT2D eigenvalue weighted by molar-refractivity contribution is 0.341. The Morgan fingerprint density at radius 1 is 1.07 bits per heavy atom. The minimum atomic E-state index is -3.75. The zero-order valence-corrected chi connectivity index (χ0v) is 18.4. The molecule has 0 saturated heterocycles. The number of hydrogen-bond acceptors (Lipinski definition) is 5. The summed E-state index contributed by atoms with van der Waals surface area (Å²) in [5.41, 5.74) is 0.965. The Kier molecular flexibility index (Phi) is 6.39. The molecule has 6 nitrogen and oxygen atoms in total. The lowest BCUT2D eigenvalue weighted by Gasteiger charge is -2.36. The molecular formula is C22H30N2O4S. The average molecular weight is 419 g/mol. The maximum atomic E-state index is 13.4. The number of anilines is 2. The van der Waals surface area contributed by atoms with Crippen LogP contribution in [0.25, 0.3) is 0 Å². The molecule has 0 fully saturated rings. The Labute approximate surface area is 173 Å². The first-order valence-electron chi connectivity index (χ1n) is 10.0. The lowest BCUT2D eigenvalue weighted by Crippen LogP contribution is -2.52. The van der Waals surface area contributed by atoms with Crippen LogP contribution in [0.5, 0.6) is 11.5 Å². The number of rotatable bonds is 7. The van der Waals surface area contributed by atoms with Crippen LogP contribution in [0.3, 0.4) is 0 Å². The van der Waals surface area contributed by atoms with E-state index < -0.39 is 15.6 Å². The zero-order chi connectivity index (χ0) is 21.1. The van der Waals surface area contributed by atoms with Gasteiger partial charge in [0.2, 0.25) is 10.0 Å². The summed E-state index contributed by atoms with van der Waals surface area (Å²) in [4.78, 5) is 2.28. The molecule has 1 atom stereocenters. The molecule has 7 heteroatoms. The highest BCUT2D eigenvalue weighted by Gasteiger charge is 2.41. The first-order valence-corrected chi connectivity index (χ1v) is 11.5. The SMILES string of the molecule is CCCCC1(CC)CN(c2ccccc2)c2cc(OC)c(OC)cc2S(=O)(=O)N1. The van der Waals surface area contributed by atoms with Crippen LogP contribution in [-0.4, -0.2) is 34.7 Å². The maximum Gasteiger partial charge on any atom is 0.243 e. The van der Waals surface area contributed by atoms with Crippen LogP contribution in [-0.2, 0) is 10.0 Å². The quantitative estimate of drug-likeness (QED) is 0.718. The van der Waals surface area contributed by atoms with Gasteiger partial charge in [0, 0.05) is 24.4 Å². The molecule has 1 heterocycles. The number of hydrogen-bond donors (Lipinski definition) is 1. The molecule has 2 aromatic carbocycles. The minimum Gasteiger partial charge on any atom is -0.493 e. The third-order valence-electron chi connectivity index (χ3n) is 5.61. The standard InChI is InChI=1S/C22H30N2O4S/c1-5-7-13-22(6-2)16-24(17-11-9-8-10-12-17)18-14-19(27-3)20(28-4)15-21(18)29(25,26)23-22/h8-12,14-15,23H,5-7,13,16H2,1-4H3. The molecule has 2 aromatic rings. The lowest BCUT2D eigenvalue weighted by atomic mass is 9.89. The van der Waals surface area contributed by atoms with Crippen molar-refractivity contribution in [2.24, 2.45) is 0 Å². The monoisotopic (exact) mass is 418 g/mol. The average Bonchev–Trinajstić information content (AvgIpc) is 2.84. The minimum absolute atomic E-state index is 0.200. The zero-order valence-electron chi connectivity index (χ0n) is 17.6. The summed E-state index contributed by atoms with van der Waals surface area (Å²) in [7, 11) is -0.693. The van der Waals surface area contributed by atoms with Crippen molar-refractivity contribution in [3.05, 3.63) is 42.5 Å². The molecule has 0 bridgehead atoms. The number of unbranched alkanes of at least 4 members (excludes halogenated alkanes) is 1. The molecule has 0 amide bonds. The fourth-order valence-electron chi connectivity index (χ4n) is 3.88. The van der Waals surface area contributed by atoms with E-state index >= 15 is 0 Å². The summed E-state index contributed by atoms with van der Waals surface area (Å²) in [5, 5.41) is 0. The summed E-state index contributed by atoms with van der Waals surface area (Å²) in [6, 6.07) is 13.2. The Hall–Kier alpha value is -2.25. The van der Waals surface area contributed by atoms with Crippen molar-refractivity contribution in [3.63, 3.8) is 0 Å². The van der Waals surface area contributed by atoms with Crippen LogP contribution in [0.15, 0.2) is 47.4 Å². The van der Waals surface area contributed by atoms with Crippen LogP contribution in [0.4, 0.5) is 11.4 Å². The van der Waals surface area contributed by atoms with Gasteiger partial charge in [-0.15, -0.1) is 0 Å². The maximum absolute atomic E-state index is 13.4. The van der Waals surface area contributed by atoms with E-state index in [0.29, 0.717) is 30.2 Å². The second-order valence-electron chi connectivity index (χ2n) is 7.44.